The van der Waals surface area contributed by atoms with E-state index < -0.39 is 10.8 Å². The molecule has 1 aromatic rings. The van der Waals surface area contributed by atoms with Gasteiger partial charge in [0.05, 0.1) is 28.9 Å². The monoisotopic (exact) mass is 422 g/mol. The Morgan fingerprint density at radius 2 is 2.00 bits per heavy atom. The van der Waals surface area contributed by atoms with Crippen LogP contribution in [0.4, 0.5) is 4.79 Å². The first kappa shape index (κ1) is 22.1. The number of amides is 1. The van der Waals surface area contributed by atoms with Crippen molar-refractivity contribution in [3.05, 3.63) is 18.3 Å². The minimum absolute atomic E-state index is 0.00363. The normalized spacial score (nSPS) is 23.5. The Labute approximate surface area is 176 Å². The Hall–Kier alpha value is -1.63. The third-order valence-corrected chi connectivity index (χ3v) is 6.69. The fourth-order valence-corrected chi connectivity index (χ4v) is 4.46. The van der Waals surface area contributed by atoms with Crippen LogP contribution in [0.2, 0.25) is 0 Å². The zero-order chi connectivity index (χ0) is 21.0. The highest BCUT2D eigenvalue weighted by molar-refractivity contribution is 7.84. The molecule has 1 saturated heterocycles. The first-order valence-electron chi connectivity index (χ1n) is 10.6. The molecule has 3 unspecified atom stereocenters. The molecule has 6 nitrogen and oxygen atoms in total. The predicted octanol–water partition coefficient (Wildman–Crippen LogP) is 4.12. The van der Waals surface area contributed by atoms with Crippen molar-refractivity contribution in [2.45, 2.75) is 51.3 Å². The average molecular weight is 423 g/mol. The van der Waals surface area contributed by atoms with E-state index in [-0.39, 0.29) is 11.5 Å². The lowest BCUT2D eigenvalue weighted by molar-refractivity contribution is 0.0602. The number of hydrogen-bond acceptors (Lipinski definition) is 5. The largest absolute Gasteiger partial charge is 0.478 e. The van der Waals surface area contributed by atoms with Crippen LogP contribution < -0.4 is 4.74 Å². The summed E-state index contributed by atoms with van der Waals surface area (Å²) in [5.41, 5.74) is 0.00363. The molecular formula is C22H34N2O4S. The fourth-order valence-electron chi connectivity index (χ4n) is 4.00. The third-order valence-electron chi connectivity index (χ3n) is 5.79. The molecule has 2 fully saturated rings. The predicted molar refractivity (Wildman–Crippen MR) is 113 cm³/mol. The molecule has 0 spiro atoms. The molecule has 1 saturated carbocycles. The zero-order valence-electron chi connectivity index (χ0n) is 18.1. The Morgan fingerprint density at radius 3 is 2.59 bits per heavy atom. The van der Waals surface area contributed by atoms with Crippen molar-refractivity contribution < 1.29 is 18.5 Å². The molecule has 3 atom stereocenters. The second-order valence-corrected chi connectivity index (χ2v) is 10.9. The van der Waals surface area contributed by atoms with Crippen LogP contribution in [0, 0.1) is 23.2 Å². The standard InChI is InChI=1S/C22H34N2O4S/c1-22(2,3)15-28-21(25)24-10-7-16(8-11-24)19-13-17(19)9-12-27-20-6-5-18(14-23-20)29(4)26/h5-6,14,16-17,19H,7-13,15H2,1-4H3. The Balaban J connectivity index is 1.32. The van der Waals surface area contributed by atoms with Gasteiger partial charge in [-0.05, 0) is 54.9 Å². The van der Waals surface area contributed by atoms with Gasteiger partial charge in [-0.25, -0.2) is 9.78 Å². The van der Waals surface area contributed by atoms with E-state index in [0.717, 1.165) is 44.2 Å². The minimum Gasteiger partial charge on any atom is -0.478 e. The molecule has 29 heavy (non-hydrogen) atoms. The Morgan fingerprint density at radius 1 is 1.28 bits per heavy atom. The smallest absolute Gasteiger partial charge is 0.409 e. The van der Waals surface area contributed by atoms with Gasteiger partial charge in [0.1, 0.15) is 0 Å². The van der Waals surface area contributed by atoms with Gasteiger partial charge in [0.2, 0.25) is 5.88 Å². The number of piperidine rings is 1. The van der Waals surface area contributed by atoms with E-state index in [1.807, 2.05) is 4.90 Å². The van der Waals surface area contributed by atoms with Gasteiger partial charge in [0, 0.05) is 31.6 Å². The Kier molecular flexibility index (Phi) is 7.19. The first-order chi connectivity index (χ1) is 13.7. The molecule has 1 amide bonds. The van der Waals surface area contributed by atoms with Crippen LogP contribution in [0.3, 0.4) is 0 Å². The van der Waals surface area contributed by atoms with Crippen LogP contribution in [0.5, 0.6) is 5.88 Å². The van der Waals surface area contributed by atoms with Gasteiger partial charge >= 0.3 is 6.09 Å². The summed E-state index contributed by atoms with van der Waals surface area (Å²) in [5.74, 6) is 2.80. The van der Waals surface area contributed by atoms with Crippen LogP contribution >= 0.6 is 0 Å². The molecule has 0 bridgehead atoms. The van der Waals surface area contributed by atoms with Crippen LogP contribution in [-0.4, -0.2) is 52.7 Å². The van der Waals surface area contributed by atoms with Crippen molar-refractivity contribution in [2.75, 3.05) is 32.6 Å². The fraction of sp³-hybridized carbons (Fsp3) is 0.727. The summed E-state index contributed by atoms with van der Waals surface area (Å²) >= 11 is 0. The number of aromatic nitrogens is 1. The van der Waals surface area contributed by atoms with E-state index >= 15 is 0 Å². The second kappa shape index (κ2) is 9.45. The molecule has 7 heteroatoms. The number of ether oxygens (including phenoxy) is 2. The van der Waals surface area contributed by atoms with Crippen molar-refractivity contribution in [3.8, 4) is 5.88 Å². The number of carbonyl (C=O) groups is 1. The topological polar surface area (TPSA) is 68.7 Å². The van der Waals surface area contributed by atoms with Crippen molar-refractivity contribution in [3.63, 3.8) is 0 Å². The van der Waals surface area contributed by atoms with E-state index in [4.69, 9.17) is 9.47 Å². The van der Waals surface area contributed by atoms with Gasteiger partial charge in [-0.1, -0.05) is 20.8 Å². The van der Waals surface area contributed by atoms with Gasteiger partial charge in [-0.2, -0.15) is 0 Å². The molecule has 3 rings (SSSR count). The minimum atomic E-state index is -1.01. The summed E-state index contributed by atoms with van der Waals surface area (Å²) in [6, 6.07) is 3.59. The number of rotatable bonds is 7. The lowest BCUT2D eigenvalue weighted by Crippen LogP contribution is -2.40. The van der Waals surface area contributed by atoms with Gasteiger partial charge in [-0.3, -0.25) is 4.21 Å². The highest BCUT2D eigenvalue weighted by Crippen LogP contribution is 2.49. The number of hydrogen-bond donors (Lipinski definition) is 0. The lowest BCUT2D eigenvalue weighted by Gasteiger charge is -2.32. The van der Waals surface area contributed by atoms with E-state index in [1.54, 1.807) is 24.6 Å². The van der Waals surface area contributed by atoms with E-state index in [1.165, 1.54) is 6.42 Å². The highest BCUT2D eigenvalue weighted by atomic mass is 32.2. The molecule has 0 radical (unpaired) electrons. The number of pyridine rings is 1. The van der Waals surface area contributed by atoms with Crippen LogP contribution in [0.15, 0.2) is 23.2 Å². The van der Waals surface area contributed by atoms with E-state index in [9.17, 15) is 9.00 Å². The first-order valence-corrected chi connectivity index (χ1v) is 12.1. The van der Waals surface area contributed by atoms with E-state index in [2.05, 4.69) is 25.8 Å². The van der Waals surface area contributed by atoms with Gasteiger partial charge in [0.15, 0.2) is 0 Å². The maximum Gasteiger partial charge on any atom is 0.409 e. The summed E-state index contributed by atoms with van der Waals surface area (Å²) in [6.45, 7) is 8.96. The molecule has 0 aromatic carbocycles. The SMILES string of the molecule is CS(=O)c1ccc(OCCC2CC2C2CCN(C(=O)OCC(C)(C)C)CC2)nc1. The maximum atomic E-state index is 12.2. The summed E-state index contributed by atoms with van der Waals surface area (Å²) in [6.07, 6.45) is 7.55. The number of carbonyl (C=O) groups excluding carboxylic acids is 1. The van der Waals surface area contributed by atoms with Crippen LogP contribution in [0.1, 0.15) is 46.5 Å². The zero-order valence-corrected chi connectivity index (χ0v) is 18.9. The van der Waals surface area contributed by atoms with E-state index in [0.29, 0.717) is 29.9 Å². The quantitative estimate of drug-likeness (QED) is 0.661. The molecule has 1 aliphatic heterocycles. The van der Waals surface area contributed by atoms with Gasteiger partial charge in [0.25, 0.3) is 0 Å². The molecule has 162 valence electrons. The lowest BCUT2D eigenvalue weighted by atomic mass is 9.90. The van der Waals surface area contributed by atoms with Gasteiger partial charge in [-0.15, -0.1) is 0 Å². The van der Waals surface area contributed by atoms with Crippen molar-refractivity contribution in [1.82, 2.24) is 9.88 Å². The van der Waals surface area contributed by atoms with Crippen molar-refractivity contribution in [1.29, 1.82) is 0 Å². The summed E-state index contributed by atoms with van der Waals surface area (Å²) in [5, 5.41) is 0. The van der Waals surface area contributed by atoms with Crippen molar-refractivity contribution >= 4 is 16.9 Å². The summed E-state index contributed by atoms with van der Waals surface area (Å²) in [7, 11) is -1.01. The molecular weight excluding hydrogens is 388 g/mol. The van der Waals surface area contributed by atoms with Gasteiger partial charge < -0.3 is 14.4 Å². The average Bonchev–Trinajstić information content (AvgIpc) is 3.45. The highest BCUT2D eigenvalue weighted by Gasteiger charge is 2.43. The molecule has 0 N–H and O–H groups in total. The van der Waals surface area contributed by atoms with Crippen LogP contribution in [0.25, 0.3) is 0 Å². The molecule has 1 aromatic heterocycles. The summed E-state index contributed by atoms with van der Waals surface area (Å²) in [4.78, 5) is 19.0. The molecule has 2 aliphatic rings. The summed E-state index contributed by atoms with van der Waals surface area (Å²) < 4.78 is 22.6. The molecule has 1 aliphatic carbocycles. The second-order valence-electron chi connectivity index (χ2n) is 9.52. The van der Waals surface area contributed by atoms with Crippen LogP contribution in [-0.2, 0) is 15.5 Å². The number of likely N-dealkylation sites (tertiary alicyclic amines) is 1. The third kappa shape index (κ3) is 6.69. The van der Waals surface area contributed by atoms with Crippen molar-refractivity contribution in [2.24, 2.45) is 23.2 Å². The maximum absolute atomic E-state index is 12.2. The Bertz CT molecular complexity index is 709. The molecule has 2 heterocycles. The number of nitrogens with zero attached hydrogens (tertiary/aromatic N) is 2.